The second kappa shape index (κ2) is 10.1. The summed E-state index contributed by atoms with van der Waals surface area (Å²) in [4.78, 5) is 12.3. The molecular weight excluding hydrogens is 390 g/mol. The van der Waals surface area contributed by atoms with Gasteiger partial charge in [-0.25, -0.2) is 13.8 Å². The zero-order valence-corrected chi connectivity index (χ0v) is 17.9. The lowest BCUT2D eigenvalue weighted by Gasteiger charge is -2.23. The second-order valence-corrected chi connectivity index (χ2v) is 8.69. The molecule has 7 nitrogen and oxygen atoms in total. The van der Waals surface area contributed by atoms with Gasteiger partial charge in [0.05, 0.1) is 24.8 Å². The van der Waals surface area contributed by atoms with Crippen LogP contribution in [0.25, 0.3) is 0 Å². The minimum Gasteiger partial charge on any atom is -0.492 e. The minimum atomic E-state index is -3.70. The topological polar surface area (TPSA) is 88.1 Å². The van der Waals surface area contributed by atoms with Crippen molar-refractivity contribution >= 4 is 27.8 Å². The lowest BCUT2D eigenvalue weighted by Crippen LogP contribution is -2.39. The Morgan fingerprint density at radius 1 is 1.17 bits per heavy atom. The molecule has 0 atom stereocenters. The number of amides is 1. The van der Waals surface area contributed by atoms with Gasteiger partial charge in [0.2, 0.25) is 10.0 Å². The Bertz CT molecular complexity index is 954. The van der Waals surface area contributed by atoms with Gasteiger partial charge in [-0.2, -0.15) is 5.10 Å². The Morgan fingerprint density at radius 3 is 2.41 bits per heavy atom. The second-order valence-electron chi connectivity index (χ2n) is 6.78. The molecule has 29 heavy (non-hydrogen) atoms. The van der Waals surface area contributed by atoms with Crippen LogP contribution in [-0.4, -0.2) is 39.9 Å². The zero-order chi connectivity index (χ0) is 21.4. The van der Waals surface area contributed by atoms with Crippen LogP contribution in [0.4, 0.5) is 5.69 Å². The molecule has 0 aliphatic rings. The minimum absolute atomic E-state index is 0.306. The molecule has 0 spiro atoms. The lowest BCUT2D eigenvalue weighted by atomic mass is 10.0. The molecule has 0 bridgehead atoms. The molecule has 1 N–H and O–H groups in total. The Morgan fingerprint density at radius 2 is 1.83 bits per heavy atom. The average molecular weight is 418 g/mol. The van der Waals surface area contributed by atoms with E-state index in [9.17, 15) is 13.2 Å². The number of para-hydroxylation sites is 2. The van der Waals surface area contributed by atoms with Gasteiger partial charge in [0.25, 0.3) is 5.91 Å². The maximum Gasteiger partial charge on any atom is 0.260 e. The molecule has 2 rings (SSSR count). The number of hydrogen-bond donors (Lipinski definition) is 1. The molecule has 0 unspecified atom stereocenters. The van der Waals surface area contributed by atoms with E-state index >= 15 is 0 Å². The van der Waals surface area contributed by atoms with Crippen LogP contribution in [0.1, 0.15) is 37.8 Å². The summed E-state index contributed by atoms with van der Waals surface area (Å²) in [5.74, 6) is 0.265. The summed E-state index contributed by atoms with van der Waals surface area (Å²) in [5.41, 5.74) is 4.72. The molecule has 2 aromatic carbocycles. The van der Waals surface area contributed by atoms with E-state index in [1.54, 1.807) is 31.2 Å². The van der Waals surface area contributed by atoms with Crippen molar-refractivity contribution in [3.8, 4) is 5.75 Å². The largest absolute Gasteiger partial charge is 0.492 e. The number of carbonyl (C=O) groups excluding carboxylic acids is 1. The fraction of sp³-hybridized carbons (Fsp3) is 0.333. The lowest BCUT2D eigenvalue weighted by molar-refractivity contribution is -0.119. The van der Waals surface area contributed by atoms with Gasteiger partial charge < -0.3 is 4.74 Å². The van der Waals surface area contributed by atoms with E-state index in [1.807, 2.05) is 24.3 Å². The van der Waals surface area contributed by atoms with Crippen LogP contribution in [0.5, 0.6) is 5.75 Å². The van der Waals surface area contributed by atoms with E-state index in [-0.39, 0.29) is 0 Å². The SMILES string of the molecule is CCOc1ccccc1N(CC(=O)N/N=C\c1ccc(C(C)C)cc1)S(C)(=O)=O. The number of carbonyl (C=O) groups is 1. The van der Waals surface area contributed by atoms with Gasteiger partial charge in [-0.05, 0) is 36.1 Å². The van der Waals surface area contributed by atoms with Crippen molar-refractivity contribution in [1.82, 2.24) is 5.43 Å². The molecule has 0 aliphatic carbocycles. The van der Waals surface area contributed by atoms with Crippen molar-refractivity contribution < 1.29 is 17.9 Å². The Kier molecular flexibility index (Phi) is 7.78. The van der Waals surface area contributed by atoms with Crippen molar-refractivity contribution in [2.45, 2.75) is 26.7 Å². The van der Waals surface area contributed by atoms with Gasteiger partial charge >= 0.3 is 0 Å². The van der Waals surface area contributed by atoms with Crippen LogP contribution in [0.3, 0.4) is 0 Å². The number of nitrogens with zero attached hydrogens (tertiary/aromatic N) is 2. The number of nitrogens with one attached hydrogen (secondary N) is 1. The van der Waals surface area contributed by atoms with E-state index in [0.29, 0.717) is 24.0 Å². The highest BCUT2D eigenvalue weighted by atomic mass is 32.2. The zero-order valence-electron chi connectivity index (χ0n) is 17.1. The highest BCUT2D eigenvalue weighted by Crippen LogP contribution is 2.29. The highest BCUT2D eigenvalue weighted by molar-refractivity contribution is 7.92. The molecule has 0 fully saturated rings. The molecule has 2 aromatic rings. The van der Waals surface area contributed by atoms with Gasteiger partial charge in [0.15, 0.2) is 0 Å². The molecule has 156 valence electrons. The number of benzene rings is 2. The summed E-state index contributed by atoms with van der Waals surface area (Å²) in [7, 11) is -3.70. The first kappa shape index (κ1) is 22.4. The summed E-state index contributed by atoms with van der Waals surface area (Å²) < 4.78 is 31.0. The van der Waals surface area contributed by atoms with Crippen molar-refractivity contribution in [3.63, 3.8) is 0 Å². The molecule has 8 heteroatoms. The standard InChI is InChI=1S/C21H27N3O4S/c1-5-28-20-9-7-6-8-19(20)24(29(4,26)27)15-21(25)23-22-14-17-10-12-18(13-11-17)16(2)3/h6-14,16H,5,15H2,1-4H3,(H,23,25)/b22-14-. The van der Waals surface area contributed by atoms with Crippen molar-refractivity contribution in [2.75, 3.05) is 23.7 Å². The Hall–Kier alpha value is -2.87. The number of hydrazone groups is 1. The summed E-state index contributed by atoms with van der Waals surface area (Å²) >= 11 is 0. The third kappa shape index (κ3) is 6.60. The highest BCUT2D eigenvalue weighted by Gasteiger charge is 2.23. The van der Waals surface area contributed by atoms with Gasteiger partial charge in [0.1, 0.15) is 12.3 Å². The molecular formula is C21H27N3O4S. The first-order valence-electron chi connectivity index (χ1n) is 9.33. The van der Waals surface area contributed by atoms with E-state index in [0.717, 1.165) is 16.1 Å². The first-order valence-corrected chi connectivity index (χ1v) is 11.2. The van der Waals surface area contributed by atoms with E-state index < -0.39 is 22.5 Å². The smallest absolute Gasteiger partial charge is 0.260 e. The van der Waals surface area contributed by atoms with Gasteiger partial charge in [0, 0.05) is 0 Å². The van der Waals surface area contributed by atoms with Crippen molar-refractivity contribution in [2.24, 2.45) is 5.10 Å². The maximum atomic E-state index is 12.3. The van der Waals surface area contributed by atoms with Crippen LogP contribution in [0.15, 0.2) is 53.6 Å². The van der Waals surface area contributed by atoms with Crippen molar-refractivity contribution in [3.05, 3.63) is 59.7 Å². The quantitative estimate of drug-likeness (QED) is 0.502. The summed E-state index contributed by atoms with van der Waals surface area (Å²) in [5, 5.41) is 3.93. The number of rotatable bonds is 9. The van der Waals surface area contributed by atoms with Gasteiger partial charge in [-0.1, -0.05) is 50.2 Å². The number of ether oxygens (including phenoxy) is 1. The van der Waals surface area contributed by atoms with Crippen molar-refractivity contribution in [1.29, 1.82) is 0 Å². The van der Waals surface area contributed by atoms with Gasteiger partial charge in [-0.15, -0.1) is 0 Å². The third-order valence-electron chi connectivity index (χ3n) is 4.13. The van der Waals surface area contributed by atoms with E-state index in [2.05, 4.69) is 24.4 Å². The van der Waals surface area contributed by atoms with Crippen LogP contribution in [-0.2, 0) is 14.8 Å². The molecule has 0 aromatic heterocycles. The summed E-state index contributed by atoms with van der Waals surface area (Å²) in [6, 6.07) is 14.5. The Labute approximate surface area is 172 Å². The Balaban J connectivity index is 2.09. The number of sulfonamides is 1. The monoisotopic (exact) mass is 417 g/mol. The first-order chi connectivity index (χ1) is 13.7. The molecule has 0 heterocycles. The molecule has 0 saturated carbocycles. The fourth-order valence-corrected chi connectivity index (χ4v) is 3.49. The number of anilines is 1. The fourth-order valence-electron chi connectivity index (χ4n) is 2.63. The maximum absolute atomic E-state index is 12.3. The van der Waals surface area contributed by atoms with Crippen LogP contribution < -0.4 is 14.5 Å². The molecule has 1 amide bonds. The third-order valence-corrected chi connectivity index (χ3v) is 5.25. The normalized spacial score (nSPS) is 11.6. The van der Waals surface area contributed by atoms with Gasteiger partial charge in [-0.3, -0.25) is 9.10 Å². The number of hydrogen-bond acceptors (Lipinski definition) is 5. The van der Waals surface area contributed by atoms with Crippen LogP contribution >= 0.6 is 0 Å². The molecule has 0 aliphatic heterocycles. The average Bonchev–Trinajstić information content (AvgIpc) is 2.66. The summed E-state index contributed by atoms with van der Waals surface area (Å²) in [6.07, 6.45) is 2.56. The predicted molar refractivity (Wildman–Crippen MR) is 116 cm³/mol. The van der Waals surface area contributed by atoms with Crippen LogP contribution in [0, 0.1) is 0 Å². The van der Waals surface area contributed by atoms with Crippen LogP contribution in [0.2, 0.25) is 0 Å². The van der Waals surface area contributed by atoms with E-state index in [1.165, 1.54) is 11.8 Å². The molecule has 0 radical (unpaired) electrons. The predicted octanol–water partition coefficient (Wildman–Crippen LogP) is 3.13. The summed E-state index contributed by atoms with van der Waals surface area (Å²) in [6.45, 7) is 5.99. The van der Waals surface area contributed by atoms with E-state index in [4.69, 9.17) is 4.74 Å². The molecule has 0 saturated heterocycles.